The maximum atomic E-state index is 11.2. The van der Waals surface area contributed by atoms with Crippen molar-refractivity contribution in [3.05, 3.63) is 52.2 Å². The van der Waals surface area contributed by atoms with Crippen LogP contribution >= 0.6 is 35.3 Å². The van der Waals surface area contributed by atoms with Gasteiger partial charge in [-0.1, -0.05) is 32.0 Å². The zero-order valence-electron chi connectivity index (χ0n) is 15.6. The molecule has 2 rings (SSSR count). The number of nitrogens with zero attached hydrogens (tertiary/aromatic N) is 1. The van der Waals surface area contributed by atoms with Gasteiger partial charge in [0.1, 0.15) is 0 Å². The van der Waals surface area contributed by atoms with Gasteiger partial charge < -0.3 is 16.0 Å². The molecule has 1 aromatic heterocycles. The molecule has 142 valence electrons. The van der Waals surface area contributed by atoms with E-state index in [4.69, 9.17) is 0 Å². The number of carbonyl (C=O) groups is 1. The van der Waals surface area contributed by atoms with Crippen molar-refractivity contribution in [3.8, 4) is 0 Å². The number of anilines is 1. The maximum Gasteiger partial charge on any atom is 0.221 e. The van der Waals surface area contributed by atoms with E-state index < -0.39 is 0 Å². The first kappa shape index (κ1) is 22.4. The third-order valence-corrected chi connectivity index (χ3v) is 5.05. The molecule has 26 heavy (non-hydrogen) atoms. The first-order valence-corrected chi connectivity index (χ1v) is 9.14. The summed E-state index contributed by atoms with van der Waals surface area (Å²) in [6, 6.07) is 12.0. The third-order valence-electron chi connectivity index (χ3n) is 3.82. The van der Waals surface area contributed by atoms with Crippen LogP contribution in [0.5, 0.6) is 0 Å². The predicted octanol–water partition coefficient (Wildman–Crippen LogP) is 3.97. The molecule has 0 saturated heterocycles. The van der Waals surface area contributed by atoms with Gasteiger partial charge in [-0.3, -0.25) is 9.79 Å². The van der Waals surface area contributed by atoms with Gasteiger partial charge in [0.2, 0.25) is 5.91 Å². The van der Waals surface area contributed by atoms with Crippen molar-refractivity contribution in [2.45, 2.75) is 32.7 Å². The minimum Gasteiger partial charge on any atom is -0.356 e. The first-order chi connectivity index (χ1) is 11.9. The second kappa shape index (κ2) is 10.5. The Hall–Kier alpha value is -1.61. The van der Waals surface area contributed by atoms with Gasteiger partial charge in [-0.2, -0.15) is 0 Å². The number of guanidine groups is 1. The van der Waals surface area contributed by atoms with Crippen molar-refractivity contribution >= 4 is 52.9 Å². The van der Waals surface area contributed by atoms with Crippen molar-refractivity contribution < 1.29 is 4.79 Å². The summed E-state index contributed by atoms with van der Waals surface area (Å²) in [6.07, 6.45) is 0. The smallest absolute Gasteiger partial charge is 0.221 e. The topological polar surface area (TPSA) is 65.5 Å². The average Bonchev–Trinajstić information content (AvgIpc) is 3.10. The Kier molecular flexibility index (Phi) is 9.07. The number of carbonyl (C=O) groups excluding carboxylic acids is 1. The predicted molar refractivity (Wildman–Crippen MR) is 122 cm³/mol. The molecule has 0 aliphatic rings. The summed E-state index contributed by atoms with van der Waals surface area (Å²) in [5.41, 5.74) is 1.91. The van der Waals surface area contributed by atoms with Crippen molar-refractivity contribution in [2.75, 3.05) is 18.9 Å². The summed E-state index contributed by atoms with van der Waals surface area (Å²) in [7, 11) is 1.77. The highest BCUT2D eigenvalue weighted by molar-refractivity contribution is 14.0. The number of benzene rings is 1. The van der Waals surface area contributed by atoms with Gasteiger partial charge in [-0.15, -0.1) is 35.3 Å². The summed E-state index contributed by atoms with van der Waals surface area (Å²) in [4.78, 5) is 16.8. The number of thiophene rings is 1. The minimum atomic E-state index is -0.0709. The highest BCUT2D eigenvalue weighted by Gasteiger charge is 2.21. The van der Waals surface area contributed by atoms with E-state index in [9.17, 15) is 4.79 Å². The van der Waals surface area contributed by atoms with Crippen molar-refractivity contribution in [3.63, 3.8) is 0 Å². The quantitative estimate of drug-likeness (QED) is 0.329. The highest BCUT2D eigenvalue weighted by atomic mass is 127. The van der Waals surface area contributed by atoms with Gasteiger partial charge in [0, 0.05) is 43.0 Å². The minimum absolute atomic E-state index is 0. The highest BCUT2D eigenvalue weighted by Crippen LogP contribution is 2.26. The largest absolute Gasteiger partial charge is 0.356 e. The summed E-state index contributed by atoms with van der Waals surface area (Å²) in [6.45, 7) is 7.36. The molecule has 0 unspecified atom stereocenters. The number of halogens is 1. The molecule has 2 aromatic rings. The summed E-state index contributed by atoms with van der Waals surface area (Å²) >= 11 is 1.77. The molecule has 0 aliphatic heterocycles. The van der Waals surface area contributed by atoms with Gasteiger partial charge in [-0.05, 0) is 29.1 Å². The monoisotopic (exact) mass is 486 g/mol. The molecule has 0 bridgehead atoms. The zero-order valence-corrected chi connectivity index (χ0v) is 18.8. The number of rotatable bonds is 6. The first-order valence-electron chi connectivity index (χ1n) is 8.26. The fourth-order valence-corrected chi connectivity index (χ4v) is 3.28. The Balaban J connectivity index is 0.00000338. The van der Waals surface area contributed by atoms with Crippen molar-refractivity contribution in [2.24, 2.45) is 4.99 Å². The van der Waals surface area contributed by atoms with Crippen LogP contribution in [-0.2, 0) is 16.8 Å². The molecule has 5 nitrogen and oxygen atoms in total. The van der Waals surface area contributed by atoms with E-state index in [0.29, 0.717) is 6.54 Å². The van der Waals surface area contributed by atoms with Crippen LogP contribution in [-0.4, -0.2) is 25.5 Å². The summed E-state index contributed by atoms with van der Waals surface area (Å²) < 4.78 is 0. The molecule has 0 fully saturated rings. The fraction of sp³-hybridized carbons (Fsp3) is 0.368. The number of amides is 1. The van der Waals surface area contributed by atoms with E-state index in [1.165, 1.54) is 11.8 Å². The van der Waals surface area contributed by atoms with Crippen LogP contribution in [0.2, 0.25) is 0 Å². The van der Waals surface area contributed by atoms with Crippen LogP contribution in [0, 0.1) is 0 Å². The lowest BCUT2D eigenvalue weighted by molar-refractivity contribution is -0.114. The van der Waals surface area contributed by atoms with E-state index in [1.54, 1.807) is 18.4 Å². The molecule has 1 amide bonds. The summed E-state index contributed by atoms with van der Waals surface area (Å²) in [5.74, 6) is 0.688. The fourth-order valence-electron chi connectivity index (χ4n) is 2.42. The van der Waals surface area contributed by atoms with E-state index in [-0.39, 0.29) is 35.3 Å². The van der Waals surface area contributed by atoms with E-state index in [1.807, 2.05) is 24.3 Å². The SMILES string of the molecule is CN=C(NCc1cccc(NC(C)=O)c1)NCC(C)(C)c1cccs1.I. The Bertz CT molecular complexity index is 729. The second-order valence-corrected chi connectivity index (χ2v) is 7.47. The second-order valence-electron chi connectivity index (χ2n) is 6.52. The summed E-state index contributed by atoms with van der Waals surface area (Å²) in [5, 5.41) is 11.6. The number of hydrogen-bond acceptors (Lipinski definition) is 3. The average molecular weight is 486 g/mol. The molecule has 1 heterocycles. The Morgan fingerprint density at radius 1 is 1.19 bits per heavy atom. The van der Waals surface area contributed by atoms with Gasteiger partial charge >= 0.3 is 0 Å². The molecular weight excluding hydrogens is 459 g/mol. The van der Waals surface area contributed by atoms with Crippen LogP contribution in [0.3, 0.4) is 0 Å². The van der Waals surface area contributed by atoms with Crippen LogP contribution in [0.15, 0.2) is 46.8 Å². The Morgan fingerprint density at radius 2 is 1.96 bits per heavy atom. The molecule has 0 radical (unpaired) electrons. The maximum absolute atomic E-state index is 11.2. The van der Waals surface area contributed by atoms with Gasteiger partial charge in [0.15, 0.2) is 5.96 Å². The normalized spacial score (nSPS) is 11.5. The number of hydrogen-bond donors (Lipinski definition) is 3. The van der Waals surface area contributed by atoms with E-state index in [2.05, 4.69) is 52.3 Å². The lowest BCUT2D eigenvalue weighted by atomic mass is 9.91. The van der Waals surface area contributed by atoms with Gasteiger partial charge in [0.25, 0.3) is 0 Å². The molecule has 1 aromatic carbocycles. The molecule has 7 heteroatoms. The lowest BCUT2D eigenvalue weighted by Gasteiger charge is -2.25. The number of nitrogens with one attached hydrogen (secondary N) is 3. The van der Waals surface area contributed by atoms with E-state index >= 15 is 0 Å². The van der Waals surface area contributed by atoms with Gasteiger partial charge in [-0.25, -0.2) is 0 Å². The number of aliphatic imine (C=N–C) groups is 1. The molecule has 0 aliphatic carbocycles. The third kappa shape index (κ3) is 6.95. The molecule has 0 saturated carbocycles. The van der Waals surface area contributed by atoms with Gasteiger partial charge in [0.05, 0.1) is 0 Å². The molecule has 0 spiro atoms. The Morgan fingerprint density at radius 3 is 2.58 bits per heavy atom. The van der Waals surface area contributed by atoms with Crippen LogP contribution < -0.4 is 16.0 Å². The standard InChI is InChI=1S/C19H26N4OS.HI/c1-14(24)23-16-8-5-7-15(11-16)12-21-18(20-4)22-13-19(2,3)17-9-6-10-25-17;/h5-11H,12-13H2,1-4H3,(H,23,24)(H2,20,21,22);1H. The van der Waals surface area contributed by atoms with Crippen molar-refractivity contribution in [1.82, 2.24) is 10.6 Å². The van der Waals surface area contributed by atoms with Crippen molar-refractivity contribution in [1.29, 1.82) is 0 Å². The van der Waals surface area contributed by atoms with Crippen LogP contribution in [0.25, 0.3) is 0 Å². The molecule has 0 atom stereocenters. The van der Waals surface area contributed by atoms with Crippen LogP contribution in [0.1, 0.15) is 31.2 Å². The molecule has 3 N–H and O–H groups in total. The zero-order chi connectivity index (χ0) is 18.3. The van der Waals surface area contributed by atoms with Crippen LogP contribution in [0.4, 0.5) is 5.69 Å². The lowest BCUT2D eigenvalue weighted by Crippen LogP contribution is -2.42. The Labute approximate surface area is 176 Å². The van der Waals surface area contributed by atoms with E-state index in [0.717, 1.165) is 23.8 Å². The molecular formula is C19H27IN4OS.